The SMILES string of the molecule is [1H][13C]([1H])(C)[Se](=O)(=O)c1ccccc1OC. The van der Waals surface area contributed by atoms with Gasteiger partial charge in [-0.3, -0.25) is 0 Å². The summed E-state index contributed by atoms with van der Waals surface area (Å²) in [5.41, 5.74) is 0. The van der Waals surface area contributed by atoms with Crippen LogP contribution in [0.4, 0.5) is 0 Å². The molecule has 0 aliphatic carbocycles. The zero-order chi connectivity index (χ0) is 11.7. The van der Waals surface area contributed by atoms with E-state index in [0.29, 0.717) is 0 Å². The number of benzene rings is 1. The summed E-state index contributed by atoms with van der Waals surface area (Å²) in [5.74, 6) is 0.188. The van der Waals surface area contributed by atoms with Crippen molar-refractivity contribution in [3.05, 3.63) is 24.3 Å². The van der Waals surface area contributed by atoms with E-state index in [-0.39, 0.29) is 10.2 Å². The summed E-state index contributed by atoms with van der Waals surface area (Å²) in [4.78, 5) is 0. The number of para-hydroxylation sites is 1. The van der Waals surface area contributed by atoms with Crippen molar-refractivity contribution < 1.29 is 15.1 Å². The third kappa shape index (κ3) is 2.08. The minimum atomic E-state index is -4.83. The fourth-order valence-corrected chi connectivity index (χ4v) is 2.83. The van der Waals surface area contributed by atoms with Crippen LogP contribution in [0, 0.1) is 0 Å². The summed E-state index contributed by atoms with van der Waals surface area (Å²) < 4.78 is 43.1. The maximum atomic E-state index is 11.9. The zero-order valence-electron chi connectivity index (χ0n) is 9.44. The van der Waals surface area contributed by atoms with Gasteiger partial charge in [0.15, 0.2) is 0 Å². The molecule has 0 spiro atoms. The van der Waals surface area contributed by atoms with E-state index in [4.69, 9.17) is 7.48 Å². The molecule has 0 heterocycles. The molecule has 72 valence electrons. The van der Waals surface area contributed by atoms with E-state index >= 15 is 0 Å². The van der Waals surface area contributed by atoms with Crippen molar-refractivity contribution in [2.45, 2.75) is 12.2 Å². The number of methoxy groups -OCH3 is 1. The van der Waals surface area contributed by atoms with E-state index in [1.807, 2.05) is 0 Å². The Kier molecular flexibility index (Phi) is 2.26. The molecule has 0 saturated carbocycles. The molecule has 0 radical (unpaired) electrons. The Labute approximate surface area is 82.2 Å². The standard InChI is InChI=1S/C9H12O3Se/c1-3-13(10,11)9-7-5-4-6-8(9)12-2/h4-7H,3H2,1-2H3/i3+1H2. The van der Waals surface area contributed by atoms with Crippen molar-refractivity contribution in [3.8, 4) is 5.75 Å². The van der Waals surface area contributed by atoms with Crippen LogP contribution in [-0.2, 0) is 7.67 Å². The average molecular weight is 248 g/mol. The number of hydrogen-bond acceptors (Lipinski definition) is 3. The summed E-state index contributed by atoms with van der Waals surface area (Å²) in [6.45, 7) is 1.04. The molecule has 0 fully saturated rings. The van der Waals surface area contributed by atoms with Crippen LogP contribution in [0.3, 0.4) is 0 Å². The van der Waals surface area contributed by atoms with Crippen LogP contribution in [0.5, 0.6) is 5.75 Å². The average Bonchev–Trinajstić information content (AvgIpc) is 2.16. The van der Waals surface area contributed by atoms with Gasteiger partial charge < -0.3 is 0 Å². The Hall–Kier alpha value is -0.861. The first-order valence-electron chi connectivity index (χ1n) is 4.68. The first kappa shape index (κ1) is 7.53. The molecule has 0 N–H and O–H groups in total. The molecule has 1 aromatic carbocycles. The van der Waals surface area contributed by atoms with Crippen LogP contribution >= 0.6 is 0 Å². The Morgan fingerprint density at radius 2 is 2.08 bits per heavy atom. The Morgan fingerprint density at radius 1 is 1.46 bits per heavy atom. The Balaban J connectivity index is 3.41. The number of ether oxygens (including phenoxy) is 1. The molecule has 0 saturated heterocycles. The van der Waals surface area contributed by atoms with Gasteiger partial charge in [-0.25, -0.2) is 0 Å². The van der Waals surface area contributed by atoms with Crippen molar-refractivity contribution in [3.63, 3.8) is 0 Å². The molecule has 0 amide bonds. The molecular weight excluding hydrogens is 236 g/mol. The zero-order valence-corrected chi connectivity index (χ0v) is 9.16. The quantitative estimate of drug-likeness (QED) is 0.596. The van der Waals surface area contributed by atoms with Gasteiger partial charge in [-0.2, -0.15) is 0 Å². The Morgan fingerprint density at radius 3 is 2.62 bits per heavy atom. The summed E-state index contributed by atoms with van der Waals surface area (Å²) in [6.07, 6.45) is 0. The van der Waals surface area contributed by atoms with E-state index in [0.717, 1.165) is 6.92 Å². The van der Waals surface area contributed by atoms with Gasteiger partial charge in [0.1, 0.15) is 0 Å². The minimum absolute atomic E-state index is 0.0521. The molecular formula is C9H12O3Se. The van der Waals surface area contributed by atoms with Gasteiger partial charge in [-0.05, 0) is 0 Å². The van der Waals surface area contributed by atoms with Crippen LogP contribution in [0.1, 0.15) is 9.67 Å². The molecule has 0 aliphatic rings. The molecule has 1 rings (SSSR count). The molecule has 0 atom stereocenters. The molecule has 0 unspecified atom stereocenters. The van der Waals surface area contributed by atoms with E-state index in [2.05, 4.69) is 0 Å². The van der Waals surface area contributed by atoms with Gasteiger partial charge in [0, 0.05) is 0 Å². The normalized spacial score (nSPS) is 14.6. The van der Waals surface area contributed by atoms with Crippen LogP contribution in [0.15, 0.2) is 24.3 Å². The van der Waals surface area contributed by atoms with Crippen molar-refractivity contribution >= 4 is 17.2 Å². The molecule has 0 aliphatic heterocycles. The van der Waals surface area contributed by atoms with E-state index in [1.54, 1.807) is 12.1 Å². The van der Waals surface area contributed by atoms with Gasteiger partial charge in [0.25, 0.3) is 0 Å². The summed E-state index contributed by atoms with van der Waals surface area (Å²) in [7, 11) is 1.36. The number of rotatable bonds is 3. The van der Waals surface area contributed by atoms with Crippen LogP contribution in [0.25, 0.3) is 0 Å². The summed E-state index contributed by atoms with van der Waals surface area (Å²) in [5, 5.41) is -2.24. The van der Waals surface area contributed by atoms with Crippen molar-refractivity contribution in [1.29, 1.82) is 0 Å². The Bertz CT molecular complexity index is 449. The van der Waals surface area contributed by atoms with E-state index in [9.17, 15) is 7.67 Å². The third-order valence-electron chi connectivity index (χ3n) is 1.63. The summed E-state index contributed by atoms with van der Waals surface area (Å²) in [6, 6.07) is 6.05. The van der Waals surface area contributed by atoms with Gasteiger partial charge >= 0.3 is 81.6 Å². The van der Waals surface area contributed by atoms with Gasteiger partial charge in [0.2, 0.25) is 0 Å². The molecule has 1 aromatic rings. The molecule has 4 heteroatoms. The fourth-order valence-electron chi connectivity index (χ4n) is 0.951. The van der Waals surface area contributed by atoms with Gasteiger partial charge in [-0.1, -0.05) is 0 Å². The topological polar surface area (TPSA) is 43.4 Å². The van der Waals surface area contributed by atoms with Crippen molar-refractivity contribution in [1.82, 2.24) is 0 Å². The molecule has 0 aromatic heterocycles. The van der Waals surface area contributed by atoms with Crippen molar-refractivity contribution in [2.24, 2.45) is 0 Å². The monoisotopic (exact) mass is 249 g/mol. The second kappa shape index (κ2) is 3.90. The van der Waals surface area contributed by atoms with Gasteiger partial charge in [-0.15, -0.1) is 0 Å². The van der Waals surface area contributed by atoms with Crippen molar-refractivity contribution in [2.75, 3.05) is 7.11 Å². The molecule has 13 heavy (non-hydrogen) atoms. The van der Waals surface area contributed by atoms with Crippen LogP contribution in [-0.4, -0.2) is 19.8 Å². The summed E-state index contributed by atoms with van der Waals surface area (Å²) >= 11 is -4.83. The second-order valence-corrected chi connectivity index (χ2v) is 6.25. The van der Waals surface area contributed by atoms with E-state index in [1.165, 1.54) is 19.2 Å². The van der Waals surface area contributed by atoms with Crippen LogP contribution in [0.2, 0.25) is 5.27 Å². The first-order valence-corrected chi connectivity index (χ1v) is 6.79. The maximum absolute atomic E-state index is 11.9. The predicted octanol–water partition coefficient (Wildman–Crippen LogP) is 1.23. The number of hydrogen-bond donors (Lipinski definition) is 0. The predicted molar refractivity (Wildman–Crippen MR) is 50.2 cm³/mol. The molecule has 3 nitrogen and oxygen atoms in total. The van der Waals surface area contributed by atoms with E-state index < -0.39 is 18.0 Å². The second-order valence-electron chi connectivity index (χ2n) is 2.36. The third-order valence-corrected chi connectivity index (χ3v) is 4.68. The fraction of sp³-hybridized carbons (Fsp3) is 0.333. The van der Waals surface area contributed by atoms with Crippen LogP contribution < -0.4 is 9.20 Å². The first-order chi connectivity index (χ1) is 6.80. The molecule has 0 bridgehead atoms. The van der Waals surface area contributed by atoms with Gasteiger partial charge in [0.05, 0.1) is 0 Å².